The van der Waals surface area contributed by atoms with Crippen LogP contribution in [0.25, 0.3) is 0 Å². The predicted molar refractivity (Wildman–Crippen MR) is 63.1 cm³/mol. The summed E-state index contributed by atoms with van der Waals surface area (Å²) in [6.45, 7) is 6.17. The fourth-order valence-electron chi connectivity index (χ4n) is 2.15. The van der Waals surface area contributed by atoms with Crippen LogP contribution in [0, 0.1) is 5.41 Å². The molecule has 1 N–H and O–H groups in total. The highest BCUT2D eigenvalue weighted by atomic mass is 19.4. The van der Waals surface area contributed by atoms with E-state index in [4.69, 9.17) is 0 Å². The summed E-state index contributed by atoms with van der Waals surface area (Å²) in [4.78, 5) is 14.0. The normalized spacial score (nSPS) is 21.1. The summed E-state index contributed by atoms with van der Waals surface area (Å²) < 4.78 is 36.2. The van der Waals surface area contributed by atoms with Gasteiger partial charge in [-0.3, -0.25) is 4.79 Å². The van der Waals surface area contributed by atoms with Crippen LogP contribution < -0.4 is 5.32 Å². The van der Waals surface area contributed by atoms with Crippen LogP contribution in [-0.4, -0.2) is 42.7 Å². The van der Waals surface area contributed by atoms with Crippen LogP contribution in [0.3, 0.4) is 0 Å². The smallest absolute Gasteiger partial charge is 0.347 e. The van der Waals surface area contributed by atoms with E-state index in [1.54, 1.807) is 6.92 Å². The number of halogens is 3. The Morgan fingerprint density at radius 3 is 2.22 bits per heavy atom. The molecule has 0 aromatic rings. The molecule has 6 heteroatoms. The molecule has 1 fully saturated rings. The van der Waals surface area contributed by atoms with Crippen LogP contribution in [0.5, 0.6) is 0 Å². The lowest BCUT2D eigenvalue weighted by Crippen LogP contribution is -2.50. The Balaban J connectivity index is 2.48. The Bertz CT molecular complexity index is 294. The molecule has 0 aliphatic carbocycles. The molecule has 0 unspecified atom stereocenters. The third-order valence-corrected chi connectivity index (χ3v) is 3.63. The first-order valence-electron chi connectivity index (χ1n) is 6.23. The van der Waals surface area contributed by atoms with Crippen LogP contribution in [0.1, 0.15) is 33.6 Å². The number of rotatable bonds is 3. The maximum absolute atomic E-state index is 12.1. The molecule has 1 saturated heterocycles. The number of carbonyl (C=O) groups is 1. The Kier molecular flexibility index (Phi) is 4.64. The topological polar surface area (TPSA) is 32.3 Å². The van der Waals surface area contributed by atoms with Gasteiger partial charge in [-0.2, -0.15) is 13.2 Å². The van der Waals surface area contributed by atoms with E-state index in [0.29, 0.717) is 18.9 Å². The zero-order valence-corrected chi connectivity index (χ0v) is 11.1. The van der Waals surface area contributed by atoms with Gasteiger partial charge in [-0.25, -0.2) is 0 Å². The van der Waals surface area contributed by atoms with Crippen LogP contribution >= 0.6 is 0 Å². The van der Waals surface area contributed by atoms with Crippen molar-refractivity contribution in [2.24, 2.45) is 5.41 Å². The minimum atomic E-state index is -4.34. The van der Waals surface area contributed by atoms with Crippen molar-refractivity contribution in [3.8, 4) is 0 Å². The fourth-order valence-corrected chi connectivity index (χ4v) is 2.15. The van der Waals surface area contributed by atoms with Crippen LogP contribution in [-0.2, 0) is 4.79 Å². The SMILES string of the molecule is CC(C)N1CCC(C)(C(=O)NCC(F)(F)F)CC1. The van der Waals surface area contributed by atoms with Gasteiger partial charge in [-0.05, 0) is 39.8 Å². The highest BCUT2D eigenvalue weighted by molar-refractivity contribution is 5.82. The van der Waals surface area contributed by atoms with Crippen molar-refractivity contribution in [3.05, 3.63) is 0 Å². The lowest BCUT2D eigenvalue weighted by molar-refractivity contribution is -0.146. The van der Waals surface area contributed by atoms with Gasteiger partial charge < -0.3 is 10.2 Å². The van der Waals surface area contributed by atoms with Gasteiger partial charge in [0.05, 0.1) is 0 Å². The van der Waals surface area contributed by atoms with Crippen molar-refractivity contribution in [2.75, 3.05) is 19.6 Å². The maximum Gasteiger partial charge on any atom is 0.405 e. The predicted octanol–water partition coefficient (Wildman–Crippen LogP) is 2.18. The Morgan fingerprint density at radius 1 is 1.33 bits per heavy atom. The number of carbonyl (C=O) groups excluding carboxylic acids is 1. The first kappa shape index (κ1) is 15.3. The van der Waals surface area contributed by atoms with Crippen molar-refractivity contribution >= 4 is 5.91 Å². The van der Waals surface area contributed by atoms with Crippen molar-refractivity contribution in [3.63, 3.8) is 0 Å². The minimum absolute atomic E-state index is 0.410. The van der Waals surface area contributed by atoms with Crippen molar-refractivity contribution in [1.29, 1.82) is 0 Å². The Hall–Kier alpha value is -0.780. The quantitative estimate of drug-likeness (QED) is 0.849. The maximum atomic E-state index is 12.1. The standard InChI is InChI=1S/C12H21F3N2O/c1-9(2)17-6-4-11(3,5-7-17)10(18)16-8-12(13,14)15/h9H,4-8H2,1-3H3,(H,16,18). The van der Waals surface area contributed by atoms with E-state index in [0.717, 1.165) is 13.1 Å². The molecule has 0 bridgehead atoms. The number of hydrogen-bond donors (Lipinski definition) is 1. The summed E-state index contributed by atoms with van der Waals surface area (Å²) in [5.74, 6) is -0.483. The first-order valence-corrected chi connectivity index (χ1v) is 6.23. The average Bonchev–Trinajstić information content (AvgIpc) is 2.25. The van der Waals surface area contributed by atoms with E-state index in [-0.39, 0.29) is 0 Å². The lowest BCUT2D eigenvalue weighted by Gasteiger charge is -2.40. The average molecular weight is 266 g/mol. The fraction of sp³-hybridized carbons (Fsp3) is 0.917. The number of amides is 1. The monoisotopic (exact) mass is 266 g/mol. The molecule has 0 aromatic heterocycles. The second-order valence-corrected chi connectivity index (χ2v) is 5.49. The van der Waals surface area contributed by atoms with E-state index in [9.17, 15) is 18.0 Å². The molecule has 1 aliphatic rings. The van der Waals surface area contributed by atoms with Gasteiger partial charge in [0.2, 0.25) is 5.91 Å². The van der Waals surface area contributed by atoms with E-state index in [2.05, 4.69) is 18.7 Å². The highest BCUT2D eigenvalue weighted by Gasteiger charge is 2.39. The van der Waals surface area contributed by atoms with E-state index in [1.165, 1.54) is 0 Å². The number of nitrogens with zero attached hydrogens (tertiary/aromatic N) is 1. The molecule has 1 heterocycles. The van der Waals surface area contributed by atoms with E-state index >= 15 is 0 Å². The molecule has 0 aromatic carbocycles. The van der Waals surface area contributed by atoms with E-state index < -0.39 is 24.0 Å². The second kappa shape index (κ2) is 5.47. The van der Waals surface area contributed by atoms with Gasteiger partial charge in [-0.1, -0.05) is 6.92 Å². The van der Waals surface area contributed by atoms with Gasteiger partial charge in [0, 0.05) is 11.5 Å². The number of nitrogens with one attached hydrogen (secondary N) is 1. The van der Waals surface area contributed by atoms with Gasteiger partial charge in [0.25, 0.3) is 0 Å². The molecule has 3 nitrogen and oxygen atoms in total. The summed E-state index contributed by atoms with van der Waals surface area (Å²) in [7, 11) is 0. The van der Waals surface area contributed by atoms with Crippen molar-refractivity contribution in [1.82, 2.24) is 10.2 Å². The van der Waals surface area contributed by atoms with Crippen LogP contribution in [0.2, 0.25) is 0 Å². The van der Waals surface area contributed by atoms with Crippen LogP contribution in [0.15, 0.2) is 0 Å². The van der Waals surface area contributed by atoms with E-state index in [1.807, 2.05) is 5.32 Å². The highest BCUT2D eigenvalue weighted by Crippen LogP contribution is 2.32. The molecular formula is C12H21F3N2O. The molecule has 0 radical (unpaired) electrons. The van der Waals surface area contributed by atoms with Gasteiger partial charge >= 0.3 is 6.18 Å². The molecule has 0 saturated carbocycles. The number of piperidine rings is 1. The summed E-state index contributed by atoms with van der Waals surface area (Å²) in [6, 6.07) is 0.410. The summed E-state index contributed by atoms with van der Waals surface area (Å²) >= 11 is 0. The minimum Gasteiger partial charge on any atom is -0.347 e. The van der Waals surface area contributed by atoms with Crippen molar-refractivity contribution in [2.45, 2.75) is 45.8 Å². The largest absolute Gasteiger partial charge is 0.405 e. The molecule has 106 valence electrons. The first-order chi connectivity index (χ1) is 8.14. The van der Waals surface area contributed by atoms with Gasteiger partial charge in [-0.15, -0.1) is 0 Å². The number of hydrogen-bond acceptors (Lipinski definition) is 2. The summed E-state index contributed by atoms with van der Waals surface area (Å²) in [5.41, 5.74) is -0.670. The summed E-state index contributed by atoms with van der Waals surface area (Å²) in [6.07, 6.45) is -3.13. The molecule has 1 aliphatic heterocycles. The Morgan fingerprint density at radius 2 is 1.83 bits per heavy atom. The molecular weight excluding hydrogens is 245 g/mol. The number of likely N-dealkylation sites (tertiary alicyclic amines) is 1. The number of alkyl halides is 3. The Labute approximate surface area is 106 Å². The van der Waals surface area contributed by atoms with Gasteiger partial charge in [0.1, 0.15) is 6.54 Å². The second-order valence-electron chi connectivity index (χ2n) is 5.49. The summed E-state index contributed by atoms with van der Waals surface area (Å²) in [5, 5.41) is 1.99. The molecule has 0 spiro atoms. The van der Waals surface area contributed by atoms with Crippen molar-refractivity contribution < 1.29 is 18.0 Å². The third kappa shape index (κ3) is 4.15. The molecule has 18 heavy (non-hydrogen) atoms. The molecule has 0 atom stereocenters. The molecule has 1 amide bonds. The zero-order chi connectivity index (χ0) is 14.0. The molecule has 1 rings (SSSR count). The van der Waals surface area contributed by atoms with Crippen LogP contribution in [0.4, 0.5) is 13.2 Å². The third-order valence-electron chi connectivity index (χ3n) is 3.63. The van der Waals surface area contributed by atoms with Gasteiger partial charge in [0.15, 0.2) is 0 Å². The lowest BCUT2D eigenvalue weighted by atomic mass is 9.79. The zero-order valence-electron chi connectivity index (χ0n) is 11.1.